The summed E-state index contributed by atoms with van der Waals surface area (Å²) in [5.74, 6) is 0. The van der Waals surface area contributed by atoms with Crippen LogP contribution in [0, 0.1) is 0 Å². The Morgan fingerprint density at radius 3 is 3.08 bits per heavy atom. The zero-order valence-electron chi connectivity index (χ0n) is 7.86. The molecule has 0 unspecified atom stereocenters. The molecule has 1 heterocycles. The number of carbonyl (C=O) groups excluding carboxylic acids is 1. The lowest BCUT2D eigenvalue weighted by Gasteiger charge is -2.24. The van der Waals surface area contributed by atoms with E-state index in [1.165, 1.54) is 0 Å². The normalized spacial score (nSPS) is 27.7. The first-order chi connectivity index (χ1) is 6.19. The highest BCUT2D eigenvalue weighted by Gasteiger charge is 2.30. The van der Waals surface area contributed by atoms with Gasteiger partial charge in [-0.25, -0.2) is 0 Å². The number of likely N-dealkylation sites (tertiary alicyclic amines) is 1. The van der Waals surface area contributed by atoms with Gasteiger partial charge in [0.2, 0.25) is 0 Å². The van der Waals surface area contributed by atoms with Crippen LogP contribution in [0.2, 0.25) is 0 Å². The molecule has 1 rings (SSSR count). The molecule has 4 heteroatoms. The number of hydrogen-bond acceptors (Lipinski definition) is 4. The minimum atomic E-state index is -0.399. The van der Waals surface area contributed by atoms with Gasteiger partial charge in [0.15, 0.2) is 0 Å². The first-order valence-electron chi connectivity index (χ1n) is 4.41. The van der Waals surface area contributed by atoms with E-state index in [1.807, 2.05) is 11.9 Å². The van der Waals surface area contributed by atoms with E-state index < -0.39 is 6.10 Å². The first kappa shape index (κ1) is 10.2. The van der Waals surface area contributed by atoms with Gasteiger partial charge in [-0.3, -0.25) is 0 Å². The maximum atomic E-state index is 10.7. The van der Waals surface area contributed by atoms with E-state index >= 15 is 0 Å². The van der Waals surface area contributed by atoms with Gasteiger partial charge < -0.3 is 20.1 Å². The largest absolute Gasteiger partial charge is 0.391 e. The fourth-order valence-corrected chi connectivity index (χ4v) is 1.64. The number of nitrogens with one attached hydrogen (secondary N) is 1. The van der Waals surface area contributed by atoms with Gasteiger partial charge in [0.25, 0.3) is 0 Å². The standard InChI is InChI=1S/C9H16N2O2/c1-7(4-10-2)11-5-9(13)3-8(11)6-12/h6,8-10,13H,1,3-5H2,2H3/t8-,9-/m0/s1. The molecule has 0 radical (unpaired) electrons. The van der Waals surface area contributed by atoms with Crippen molar-refractivity contribution in [3.05, 3.63) is 12.3 Å². The van der Waals surface area contributed by atoms with Crippen molar-refractivity contribution in [1.82, 2.24) is 10.2 Å². The zero-order valence-corrected chi connectivity index (χ0v) is 7.86. The van der Waals surface area contributed by atoms with Crippen LogP contribution >= 0.6 is 0 Å². The van der Waals surface area contributed by atoms with Crippen molar-refractivity contribution in [2.45, 2.75) is 18.6 Å². The number of aldehydes is 1. The Morgan fingerprint density at radius 1 is 1.85 bits per heavy atom. The summed E-state index contributed by atoms with van der Waals surface area (Å²) in [5, 5.41) is 12.3. The van der Waals surface area contributed by atoms with Gasteiger partial charge in [-0.15, -0.1) is 0 Å². The molecule has 0 aromatic heterocycles. The smallest absolute Gasteiger partial charge is 0.142 e. The number of nitrogens with zero attached hydrogens (tertiary/aromatic N) is 1. The molecule has 0 amide bonds. The monoisotopic (exact) mass is 184 g/mol. The van der Waals surface area contributed by atoms with Crippen LogP contribution in [-0.4, -0.2) is 48.6 Å². The Morgan fingerprint density at radius 2 is 2.54 bits per heavy atom. The zero-order chi connectivity index (χ0) is 9.84. The van der Waals surface area contributed by atoms with E-state index in [2.05, 4.69) is 11.9 Å². The minimum absolute atomic E-state index is 0.198. The summed E-state index contributed by atoms with van der Waals surface area (Å²) in [7, 11) is 1.83. The number of rotatable bonds is 4. The Kier molecular flexibility index (Phi) is 3.45. The average Bonchev–Trinajstić information content (AvgIpc) is 2.47. The molecule has 1 fully saturated rings. The topological polar surface area (TPSA) is 52.6 Å². The summed E-state index contributed by atoms with van der Waals surface area (Å²) in [6, 6.07) is -0.198. The first-order valence-corrected chi connectivity index (χ1v) is 4.41. The predicted molar refractivity (Wildman–Crippen MR) is 50.2 cm³/mol. The number of likely N-dealkylation sites (N-methyl/N-ethyl adjacent to an activating group) is 1. The molecule has 1 saturated heterocycles. The van der Waals surface area contributed by atoms with Crippen molar-refractivity contribution in [2.75, 3.05) is 20.1 Å². The lowest BCUT2D eigenvalue weighted by molar-refractivity contribution is -0.111. The summed E-state index contributed by atoms with van der Waals surface area (Å²) < 4.78 is 0. The second kappa shape index (κ2) is 4.39. The lowest BCUT2D eigenvalue weighted by Crippen LogP contribution is -2.33. The van der Waals surface area contributed by atoms with E-state index in [0.29, 0.717) is 19.5 Å². The van der Waals surface area contributed by atoms with Gasteiger partial charge in [-0.05, 0) is 7.05 Å². The average molecular weight is 184 g/mol. The van der Waals surface area contributed by atoms with Crippen molar-refractivity contribution in [3.8, 4) is 0 Å². The molecular weight excluding hydrogens is 168 g/mol. The third-order valence-corrected chi connectivity index (χ3v) is 2.27. The van der Waals surface area contributed by atoms with Crippen LogP contribution in [0.5, 0.6) is 0 Å². The third-order valence-electron chi connectivity index (χ3n) is 2.27. The number of β-amino-alcohol motifs (C(OH)–C–C–N with tert-alkyl or cyclic N) is 1. The van der Waals surface area contributed by atoms with Gasteiger partial charge in [-0.1, -0.05) is 6.58 Å². The molecule has 2 N–H and O–H groups in total. The number of aliphatic hydroxyl groups excluding tert-OH is 1. The van der Waals surface area contributed by atoms with Gasteiger partial charge in [0.1, 0.15) is 6.29 Å². The Balaban J connectivity index is 2.57. The van der Waals surface area contributed by atoms with E-state index in [1.54, 1.807) is 0 Å². The van der Waals surface area contributed by atoms with Crippen molar-refractivity contribution < 1.29 is 9.90 Å². The molecule has 2 atom stereocenters. The van der Waals surface area contributed by atoms with E-state index in [4.69, 9.17) is 0 Å². The molecule has 0 aliphatic carbocycles. The van der Waals surface area contributed by atoms with Crippen LogP contribution in [0.3, 0.4) is 0 Å². The summed E-state index contributed by atoms with van der Waals surface area (Å²) in [6.45, 7) is 5.02. The van der Waals surface area contributed by atoms with E-state index in [0.717, 1.165) is 12.0 Å². The maximum Gasteiger partial charge on any atom is 0.142 e. The highest BCUT2D eigenvalue weighted by atomic mass is 16.3. The summed E-state index contributed by atoms with van der Waals surface area (Å²) in [6.07, 6.45) is 0.993. The van der Waals surface area contributed by atoms with E-state index in [9.17, 15) is 9.90 Å². The minimum Gasteiger partial charge on any atom is -0.391 e. The number of carbonyl (C=O) groups is 1. The molecule has 0 bridgehead atoms. The van der Waals surface area contributed by atoms with Crippen LogP contribution in [0.1, 0.15) is 6.42 Å². The van der Waals surface area contributed by atoms with Gasteiger partial charge in [0.05, 0.1) is 12.1 Å². The van der Waals surface area contributed by atoms with Crippen LogP contribution in [0.25, 0.3) is 0 Å². The molecule has 4 nitrogen and oxygen atoms in total. The summed E-state index contributed by atoms with van der Waals surface area (Å²) in [5.41, 5.74) is 0.858. The van der Waals surface area contributed by atoms with Gasteiger partial charge in [-0.2, -0.15) is 0 Å². The van der Waals surface area contributed by atoms with Crippen molar-refractivity contribution >= 4 is 6.29 Å². The molecule has 1 aliphatic rings. The fourth-order valence-electron chi connectivity index (χ4n) is 1.64. The molecule has 74 valence electrons. The van der Waals surface area contributed by atoms with Gasteiger partial charge in [0, 0.05) is 25.2 Å². The lowest BCUT2D eigenvalue weighted by atomic mass is 10.2. The highest BCUT2D eigenvalue weighted by Crippen LogP contribution is 2.19. The number of hydrogen-bond donors (Lipinski definition) is 2. The predicted octanol–water partition coefficient (Wildman–Crippen LogP) is -0.646. The van der Waals surface area contributed by atoms with Crippen LogP contribution < -0.4 is 5.32 Å². The van der Waals surface area contributed by atoms with Crippen molar-refractivity contribution in [2.24, 2.45) is 0 Å². The Bertz CT molecular complexity index is 206. The highest BCUT2D eigenvalue weighted by molar-refractivity contribution is 5.59. The second-order valence-electron chi connectivity index (χ2n) is 3.34. The second-order valence-corrected chi connectivity index (χ2v) is 3.34. The fraction of sp³-hybridized carbons (Fsp3) is 0.667. The van der Waals surface area contributed by atoms with Gasteiger partial charge >= 0.3 is 0 Å². The summed E-state index contributed by atoms with van der Waals surface area (Å²) >= 11 is 0. The maximum absolute atomic E-state index is 10.7. The van der Waals surface area contributed by atoms with Crippen molar-refractivity contribution in [1.29, 1.82) is 0 Å². The summed E-state index contributed by atoms with van der Waals surface area (Å²) in [4.78, 5) is 12.5. The molecule has 13 heavy (non-hydrogen) atoms. The molecule has 0 aromatic rings. The SMILES string of the molecule is C=C(CNC)N1C[C@@H](O)C[C@H]1C=O. The van der Waals surface area contributed by atoms with Crippen LogP contribution in [0.15, 0.2) is 12.3 Å². The van der Waals surface area contributed by atoms with Crippen LogP contribution in [0.4, 0.5) is 0 Å². The van der Waals surface area contributed by atoms with Crippen molar-refractivity contribution in [3.63, 3.8) is 0 Å². The van der Waals surface area contributed by atoms with Crippen LogP contribution in [-0.2, 0) is 4.79 Å². The molecule has 0 saturated carbocycles. The third kappa shape index (κ3) is 2.29. The molecule has 1 aliphatic heterocycles. The quantitative estimate of drug-likeness (QED) is 0.570. The Labute approximate surface area is 78.2 Å². The molecular formula is C9H16N2O2. The van der Waals surface area contributed by atoms with E-state index in [-0.39, 0.29) is 6.04 Å². The molecule has 0 aromatic carbocycles. The Hall–Kier alpha value is -0.870. The number of aliphatic hydroxyl groups is 1. The molecule has 0 spiro atoms.